The van der Waals surface area contributed by atoms with Crippen molar-refractivity contribution in [1.29, 1.82) is 0 Å². The number of hydrogen-bond donors (Lipinski definition) is 0. The second kappa shape index (κ2) is 13.7. The summed E-state index contributed by atoms with van der Waals surface area (Å²) in [6, 6.07) is 0. The number of ether oxygens (including phenoxy) is 2. The van der Waals surface area contributed by atoms with Crippen LogP contribution in [0.15, 0.2) is 0 Å². The van der Waals surface area contributed by atoms with Gasteiger partial charge in [-0.05, 0) is 44.9 Å². The monoisotopic (exact) mass is 425 g/mol. The van der Waals surface area contributed by atoms with E-state index in [1.165, 1.54) is 0 Å². The van der Waals surface area contributed by atoms with Crippen LogP contribution in [0.4, 0.5) is 0 Å². The molecule has 30 heavy (non-hydrogen) atoms. The van der Waals surface area contributed by atoms with Gasteiger partial charge in [0.1, 0.15) is 6.61 Å². The summed E-state index contributed by atoms with van der Waals surface area (Å²) >= 11 is 0. The Labute approximate surface area is 183 Å². The van der Waals surface area contributed by atoms with Crippen LogP contribution >= 0.6 is 0 Å². The lowest BCUT2D eigenvalue weighted by atomic mass is 9.78. The van der Waals surface area contributed by atoms with Gasteiger partial charge in [-0.15, -0.1) is 0 Å². The Morgan fingerprint density at radius 3 is 2.40 bits per heavy atom. The lowest BCUT2D eigenvalue weighted by Gasteiger charge is -2.30. The van der Waals surface area contributed by atoms with Crippen molar-refractivity contribution >= 4 is 17.8 Å². The number of carbonyl (C=O) groups excluding carboxylic acids is 3. The van der Waals surface area contributed by atoms with Crippen molar-refractivity contribution in [2.24, 2.45) is 17.3 Å². The van der Waals surface area contributed by atoms with Crippen LogP contribution in [-0.2, 0) is 23.9 Å². The van der Waals surface area contributed by atoms with Gasteiger partial charge in [0.25, 0.3) is 0 Å². The van der Waals surface area contributed by atoms with E-state index in [0.29, 0.717) is 44.8 Å². The molecule has 0 N–H and O–H groups in total. The van der Waals surface area contributed by atoms with Gasteiger partial charge in [-0.1, -0.05) is 47.0 Å². The number of amides is 1. The topological polar surface area (TPSA) is 72.9 Å². The fourth-order valence-electron chi connectivity index (χ4n) is 3.89. The highest BCUT2D eigenvalue weighted by Gasteiger charge is 2.38. The van der Waals surface area contributed by atoms with Gasteiger partial charge >= 0.3 is 11.9 Å². The number of esters is 2. The Hall–Kier alpha value is -1.59. The summed E-state index contributed by atoms with van der Waals surface area (Å²) < 4.78 is 11.1. The van der Waals surface area contributed by atoms with Gasteiger partial charge < -0.3 is 14.4 Å². The normalized spacial score (nSPS) is 18.0. The molecule has 3 atom stereocenters. The zero-order chi connectivity index (χ0) is 22.6. The molecule has 1 aliphatic heterocycles. The molecule has 0 aromatic carbocycles. The van der Waals surface area contributed by atoms with E-state index in [-0.39, 0.29) is 30.4 Å². The molecule has 1 aliphatic rings. The first-order valence-corrected chi connectivity index (χ1v) is 11.9. The van der Waals surface area contributed by atoms with Crippen molar-refractivity contribution in [3.63, 3.8) is 0 Å². The minimum atomic E-state index is -0.701. The summed E-state index contributed by atoms with van der Waals surface area (Å²) in [6.45, 7) is 11.9. The molecule has 6 heteroatoms. The minimum absolute atomic E-state index is 0.128. The fourth-order valence-corrected chi connectivity index (χ4v) is 3.89. The van der Waals surface area contributed by atoms with E-state index in [4.69, 9.17) is 9.47 Å². The van der Waals surface area contributed by atoms with E-state index in [9.17, 15) is 14.4 Å². The van der Waals surface area contributed by atoms with Crippen molar-refractivity contribution in [2.75, 3.05) is 26.3 Å². The van der Waals surface area contributed by atoms with Crippen LogP contribution in [0, 0.1) is 17.3 Å². The second-order valence-corrected chi connectivity index (χ2v) is 8.89. The number of hydrogen-bond acceptors (Lipinski definition) is 5. The minimum Gasteiger partial charge on any atom is -0.465 e. The summed E-state index contributed by atoms with van der Waals surface area (Å²) in [4.78, 5) is 38.9. The molecule has 3 unspecified atom stereocenters. The maximum atomic E-state index is 12.9. The maximum absolute atomic E-state index is 12.9. The summed E-state index contributed by atoms with van der Waals surface area (Å²) in [5.74, 6) is -0.322. The Bertz CT molecular complexity index is 550. The van der Waals surface area contributed by atoms with E-state index in [1.54, 1.807) is 4.90 Å². The molecule has 0 aromatic heterocycles. The maximum Gasteiger partial charge on any atom is 0.311 e. The Balaban J connectivity index is 2.55. The number of nitrogens with zero attached hydrogens (tertiary/aromatic N) is 1. The lowest BCUT2D eigenvalue weighted by Crippen LogP contribution is -2.36. The number of carbonyl (C=O) groups is 3. The number of rotatable bonds is 15. The number of unbranched alkanes of at least 4 members (excludes halogenated alkanes) is 1. The molecule has 0 aliphatic carbocycles. The van der Waals surface area contributed by atoms with Crippen LogP contribution in [0.3, 0.4) is 0 Å². The largest absolute Gasteiger partial charge is 0.465 e. The quantitative estimate of drug-likeness (QED) is 0.354. The molecule has 0 saturated carbocycles. The fraction of sp³-hybridized carbons (Fsp3) is 0.875. The average Bonchev–Trinajstić information content (AvgIpc) is 3.16. The standard InChI is InChI=1S/C24H43NO5/c1-6-10-12-19(7-2)18-30-23(28)24(5,9-4)17-20(8-3)22(27)29-16-15-25-14-11-13-21(25)26/h19-20H,6-18H2,1-5H3. The van der Waals surface area contributed by atoms with E-state index in [1.807, 2.05) is 20.8 Å². The van der Waals surface area contributed by atoms with Crippen molar-refractivity contribution < 1.29 is 23.9 Å². The third-order valence-corrected chi connectivity index (χ3v) is 6.57. The van der Waals surface area contributed by atoms with Gasteiger partial charge in [-0.3, -0.25) is 14.4 Å². The highest BCUT2D eigenvalue weighted by atomic mass is 16.5. The van der Waals surface area contributed by atoms with Gasteiger partial charge in [-0.2, -0.15) is 0 Å². The van der Waals surface area contributed by atoms with Gasteiger partial charge in [0.15, 0.2) is 0 Å². The summed E-state index contributed by atoms with van der Waals surface area (Å²) in [5, 5.41) is 0. The van der Waals surface area contributed by atoms with Crippen LogP contribution in [0.5, 0.6) is 0 Å². The molecule has 0 radical (unpaired) electrons. The highest BCUT2D eigenvalue weighted by molar-refractivity contribution is 5.79. The third-order valence-electron chi connectivity index (χ3n) is 6.57. The number of likely N-dealkylation sites (tertiary alicyclic amines) is 1. The third kappa shape index (κ3) is 8.27. The molecule has 0 spiro atoms. The molecular weight excluding hydrogens is 382 g/mol. The van der Waals surface area contributed by atoms with Gasteiger partial charge in [0, 0.05) is 13.0 Å². The Morgan fingerprint density at radius 2 is 1.87 bits per heavy atom. The predicted molar refractivity (Wildman–Crippen MR) is 118 cm³/mol. The van der Waals surface area contributed by atoms with Crippen LogP contribution in [-0.4, -0.2) is 49.0 Å². The molecule has 1 rings (SSSR count). The average molecular weight is 426 g/mol. The molecule has 0 aromatic rings. The van der Waals surface area contributed by atoms with Gasteiger partial charge in [-0.25, -0.2) is 0 Å². The van der Waals surface area contributed by atoms with Crippen LogP contribution in [0.2, 0.25) is 0 Å². The first-order valence-electron chi connectivity index (χ1n) is 11.9. The van der Waals surface area contributed by atoms with E-state index >= 15 is 0 Å². The van der Waals surface area contributed by atoms with Crippen LogP contribution in [0.1, 0.15) is 92.4 Å². The van der Waals surface area contributed by atoms with E-state index < -0.39 is 5.41 Å². The Kier molecular flexibility index (Phi) is 12.0. The molecule has 1 fully saturated rings. The van der Waals surface area contributed by atoms with Crippen molar-refractivity contribution in [3.05, 3.63) is 0 Å². The lowest BCUT2D eigenvalue weighted by molar-refractivity contribution is -0.160. The SMILES string of the molecule is CCCCC(CC)COC(=O)C(C)(CC)CC(CC)C(=O)OCCN1CCCC1=O. The van der Waals surface area contributed by atoms with Gasteiger partial charge in [0.05, 0.1) is 24.5 Å². The second-order valence-electron chi connectivity index (χ2n) is 8.89. The summed E-state index contributed by atoms with van der Waals surface area (Å²) in [5.41, 5.74) is -0.701. The molecule has 1 amide bonds. The summed E-state index contributed by atoms with van der Waals surface area (Å²) in [7, 11) is 0. The smallest absolute Gasteiger partial charge is 0.311 e. The Morgan fingerprint density at radius 1 is 1.13 bits per heavy atom. The molecule has 174 valence electrons. The van der Waals surface area contributed by atoms with E-state index in [0.717, 1.165) is 38.6 Å². The zero-order valence-electron chi connectivity index (χ0n) is 19.8. The molecular formula is C24H43NO5. The van der Waals surface area contributed by atoms with Crippen molar-refractivity contribution in [2.45, 2.75) is 92.4 Å². The van der Waals surface area contributed by atoms with E-state index in [2.05, 4.69) is 13.8 Å². The molecule has 1 saturated heterocycles. The van der Waals surface area contributed by atoms with Crippen LogP contribution in [0.25, 0.3) is 0 Å². The molecule has 6 nitrogen and oxygen atoms in total. The first kappa shape index (κ1) is 26.4. The summed E-state index contributed by atoms with van der Waals surface area (Å²) in [6.07, 6.45) is 7.47. The van der Waals surface area contributed by atoms with Gasteiger partial charge in [0.2, 0.25) is 5.91 Å². The zero-order valence-corrected chi connectivity index (χ0v) is 19.8. The van der Waals surface area contributed by atoms with Crippen molar-refractivity contribution in [1.82, 2.24) is 4.90 Å². The highest BCUT2D eigenvalue weighted by Crippen LogP contribution is 2.33. The predicted octanol–water partition coefficient (Wildman–Crippen LogP) is 4.74. The first-order chi connectivity index (χ1) is 14.3. The molecule has 1 heterocycles. The van der Waals surface area contributed by atoms with Crippen molar-refractivity contribution in [3.8, 4) is 0 Å². The molecule has 0 bridgehead atoms. The van der Waals surface area contributed by atoms with Crippen LogP contribution < -0.4 is 0 Å².